The molecule has 3 unspecified atom stereocenters. The van der Waals surface area contributed by atoms with Gasteiger partial charge in [-0.05, 0) is 19.3 Å². The lowest BCUT2D eigenvalue weighted by Crippen LogP contribution is -2.36. The normalized spacial score (nSPS) is 40.8. The number of primary amides is 1. The number of ether oxygens (including phenoxy) is 2. The highest BCUT2D eigenvalue weighted by molar-refractivity contribution is 5.76. The number of hydrogen-bond acceptors (Lipinski definition) is 3. The van der Waals surface area contributed by atoms with E-state index < -0.39 is 0 Å². The summed E-state index contributed by atoms with van der Waals surface area (Å²) in [7, 11) is 0. The maximum absolute atomic E-state index is 10.9. The Bertz CT molecular complexity index is 195. The molecule has 2 rings (SSSR count). The lowest BCUT2D eigenvalue weighted by Gasteiger charge is -2.27. The minimum atomic E-state index is -0.205. The molecule has 2 N–H and O–H groups in total. The smallest absolute Gasteiger partial charge is 0.220 e. The molecule has 2 aliphatic rings. The van der Waals surface area contributed by atoms with Gasteiger partial charge in [0.15, 0.2) is 0 Å². The molecule has 0 aromatic carbocycles. The number of nitrogens with two attached hydrogens (primary N) is 1. The molecule has 1 heterocycles. The summed E-state index contributed by atoms with van der Waals surface area (Å²) in [6, 6.07) is 0. The zero-order valence-electron chi connectivity index (χ0n) is 6.86. The molecule has 0 radical (unpaired) electrons. The average Bonchev–Trinajstić information content (AvgIpc) is 2.49. The zero-order chi connectivity index (χ0) is 8.55. The van der Waals surface area contributed by atoms with Gasteiger partial charge in [0, 0.05) is 5.92 Å². The van der Waals surface area contributed by atoms with E-state index in [9.17, 15) is 4.79 Å². The summed E-state index contributed by atoms with van der Waals surface area (Å²) in [6.07, 6.45) is 2.80. The van der Waals surface area contributed by atoms with Gasteiger partial charge in [-0.3, -0.25) is 4.79 Å². The van der Waals surface area contributed by atoms with E-state index in [0.29, 0.717) is 6.79 Å². The lowest BCUT2D eigenvalue weighted by atomic mass is 9.85. The maximum atomic E-state index is 10.9. The fourth-order valence-electron chi connectivity index (χ4n) is 1.94. The second-order valence-electron chi connectivity index (χ2n) is 3.44. The molecular weight excluding hydrogens is 158 g/mol. The van der Waals surface area contributed by atoms with Crippen molar-refractivity contribution in [1.29, 1.82) is 0 Å². The van der Waals surface area contributed by atoms with Crippen molar-refractivity contribution in [1.82, 2.24) is 0 Å². The Morgan fingerprint density at radius 1 is 1.25 bits per heavy atom. The summed E-state index contributed by atoms with van der Waals surface area (Å²) in [5, 5.41) is 0. The van der Waals surface area contributed by atoms with Crippen molar-refractivity contribution in [3.63, 3.8) is 0 Å². The van der Waals surface area contributed by atoms with Crippen molar-refractivity contribution in [2.45, 2.75) is 31.5 Å². The summed E-state index contributed by atoms with van der Waals surface area (Å²) in [4.78, 5) is 10.9. The van der Waals surface area contributed by atoms with E-state index in [-0.39, 0.29) is 24.0 Å². The molecule has 0 spiro atoms. The molecule has 0 bridgehead atoms. The van der Waals surface area contributed by atoms with Crippen LogP contribution in [0.3, 0.4) is 0 Å². The van der Waals surface area contributed by atoms with Gasteiger partial charge in [-0.25, -0.2) is 0 Å². The third-order valence-electron chi connectivity index (χ3n) is 2.70. The third-order valence-corrected chi connectivity index (χ3v) is 2.70. The van der Waals surface area contributed by atoms with Crippen molar-refractivity contribution in [3.8, 4) is 0 Å². The van der Waals surface area contributed by atoms with Crippen LogP contribution in [0.1, 0.15) is 19.3 Å². The summed E-state index contributed by atoms with van der Waals surface area (Å²) < 4.78 is 10.6. The van der Waals surface area contributed by atoms with Gasteiger partial charge in [-0.1, -0.05) is 0 Å². The van der Waals surface area contributed by atoms with E-state index in [1.165, 1.54) is 0 Å². The van der Waals surface area contributed by atoms with Crippen LogP contribution in [-0.2, 0) is 14.3 Å². The molecule has 1 aliphatic heterocycles. The SMILES string of the molecule is NC(=O)C1CCC2OCOC2C1. The largest absolute Gasteiger partial charge is 0.369 e. The van der Waals surface area contributed by atoms with Crippen molar-refractivity contribution < 1.29 is 14.3 Å². The monoisotopic (exact) mass is 171 g/mol. The Balaban J connectivity index is 1.96. The maximum Gasteiger partial charge on any atom is 0.220 e. The zero-order valence-corrected chi connectivity index (χ0v) is 6.86. The molecule has 0 aromatic rings. The molecule has 1 saturated heterocycles. The Kier molecular flexibility index (Phi) is 2.02. The van der Waals surface area contributed by atoms with Gasteiger partial charge in [0.1, 0.15) is 6.79 Å². The van der Waals surface area contributed by atoms with Crippen molar-refractivity contribution >= 4 is 5.91 Å². The van der Waals surface area contributed by atoms with Crippen molar-refractivity contribution in [3.05, 3.63) is 0 Å². The van der Waals surface area contributed by atoms with E-state index in [1.54, 1.807) is 0 Å². The Hall–Kier alpha value is -0.610. The lowest BCUT2D eigenvalue weighted by molar-refractivity contribution is -0.124. The van der Waals surface area contributed by atoms with Crippen LogP contribution in [0.5, 0.6) is 0 Å². The van der Waals surface area contributed by atoms with Crippen LogP contribution < -0.4 is 5.73 Å². The minimum Gasteiger partial charge on any atom is -0.369 e. The number of carbonyl (C=O) groups excluding carboxylic acids is 1. The minimum absolute atomic E-state index is 0.00653. The van der Waals surface area contributed by atoms with Crippen LogP contribution in [0.4, 0.5) is 0 Å². The van der Waals surface area contributed by atoms with Crippen LogP contribution in [0, 0.1) is 5.92 Å². The first-order valence-corrected chi connectivity index (χ1v) is 4.30. The highest BCUT2D eigenvalue weighted by atomic mass is 16.7. The fraction of sp³-hybridized carbons (Fsp3) is 0.875. The third kappa shape index (κ3) is 1.32. The standard InChI is InChI=1S/C8H13NO3/c9-8(10)5-1-2-6-7(3-5)12-4-11-6/h5-7H,1-4H2,(H2,9,10). The summed E-state index contributed by atoms with van der Waals surface area (Å²) in [5.41, 5.74) is 5.21. The second-order valence-corrected chi connectivity index (χ2v) is 3.44. The predicted octanol–water partition coefficient (Wildman–Crippen LogP) is 0.0133. The van der Waals surface area contributed by atoms with E-state index in [2.05, 4.69) is 0 Å². The first-order chi connectivity index (χ1) is 5.77. The van der Waals surface area contributed by atoms with Crippen LogP contribution in [0.2, 0.25) is 0 Å². The highest BCUT2D eigenvalue weighted by Gasteiger charge is 2.37. The fourth-order valence-corrected chi connectivity index (χ4v) is 1.94. The Labute approximate surface area is 71.0 Å². The van der Waals surface area contributed by atoms with E-state index in [0.717, 1.165) is 19.3 Å². The van der Waals surface area contributed by atoms with Crippen LogP contribution >= 0.6 is 0 Å². The highest BCUT2D eigenvalue weighted by Crippen LogP contribution is 2.31. The van der Waals surface area contributed by atoms with Crippen LogP contribution in [-0.4, -0.2) is 24.9 Å². The van der Waals surface area contributed by atoms with E-state index >= 15 is 0 Å². The molecule has 12 heavy (non-hydrogen) atoms. The molecule has 2 fully saturated rings. The number of fused-ring (bicyclic) bond motifs is 1. The van der Waals surface area contributed by atoms with Gasteiger partial charge >= 0.3 is 0 Å². The average molecular weight is 171 g/mol. The molecule has 0 aromatic heterocycles. The van der Waals surface area contributed by atoms with Gasteiger partial charge in [0.2, 0.25) is 5.91 Å². The first kappa shape index (κ1) is 8.01. The van der Waals surface area contributed by atoms with Crippen LogP contribution in [0.15, 0.2) is 0 Å². The number of amides is 1. The topological polar surface area (TPSA) is 61.6 Å². The Morgan fingerprint density at radius 2 is 2.00 bits per heavy atom. The molecule has 1 saturated carbocycles. The second kappa shape index (κ2) is 3.03. The quantitative estimate of drug-likeness (QED) is 0.604. The van der Waals surface area contributed by atoms with Gasteiger partial charge < -0.3 is 15.2 Å². The van der Waals surface area contributed by atoms with Crippen molar-refractivity contribution in [2.75, 3.05) is 6.79 Å². The number of hydrogen-bond donors (Lipinski definition) is 1. The molecule has 4 nitrogen and oxygen atoms in total. The summed E-state index contributed by atoms with van der Waals surface area (Å²) in [5.74, 6) is -0.211. The number of rotatable bonds is 1. The van der Waals surface area contributed by atoms with Crippen LogP contribution in [0.25, 0.3) is 0 Å². The van der Waals surface area contributed by atoms with Gasteiger partial charge in [0.25, 0.3) is 0 Å². The molecule has 68 valence electrons. The summed E-state index contributed by atoms with van der Waals surface area (Å²) in [6.45, 7) is 0.376. The molecule has 4 heteroatoms. The molecular formula is C8H13NO3. The van der Waals surface area contributed by atoms with Gasteiger partial charge in [-0.15, -0.1) is 0 Å². The number of carbonyl (C=O) groups is 1. The molecule has 1 amide bonds. The van der Waals surface area contributed by atoms with E-state index in [1.807, 2.05) is 0 Å². The van der Waals surface area contributed by atoms with Gasteiger partial charge in [0.05, 0.1) is 12.2 Å². The predicted molar refractivity (Wildman–Crippen MR) is 41.1 cm³/mol. The molecule has 3 atom stereocenters. The summed E-state index contributed by atoms with van der Waals surface area (Å²) >= 11 is 0. The van der Waals surface area contributed by atoms with Crippen molar-refractivity contribution in [2.24, 2.45) is 11.7 Å². The molecule has 1 aliphatic carbocycles. The Morgan fingerprint density at radius 3 is 2.75 bits per heavy atom. The first-order valence-electron chi connectivity index (χ1n) is 4.30. The van der Waals surface area contributed by atoms with Gasteiger partial charge in [-0.2, -0.15) is 0 Å². The van der Waals surface area contributed by atoms with E-state index in [4.69, 9.17) is 15.2 Å².